The molecule has 2 aliphatic heterocycles. The molecule has 1 unspecified atom stereocenters. The topological polar surface area (TPSA) is 52.2 Å². The number of rotatable bonds is 1. The third kappa shape index (κ3) is 2.07. The fourth-order valence-corrected chi connectivity index (χ4v) is 2.89. The van der Waals surface area contributed by atoms with Crippen LogP contribution in [0.4, 0.5) is 0 Å². The van der Waals surface area contributed by atoms with Gasteiger partial charge in [0.05, 0.1) is 11.8 Å². The third-order valence-electron chi connectivity index (χ3n) is 3.87. The summed E-state index contributed by atoms with van der Waals surface area (Å²) in [5.74, 6) is 0.115. The van der Waals surface area contributed by atoms with Crippen molar-refractivity contribution >= 4 is 5.91 Å². The van der Waals surface area contributed by atoms with Crippen molar-refractivity contribution in [2.24, 2.45) is 0 Å². The first-order valence-corrected chi connectivity index (χ1v) is 6.37. The van der Waals surface area contributed by atoms with Gasteiger partial charge in [-0.1, -0.05) is 6.42 Å². The largest absolute Gasteiger partial charge is 0.336 e. The molecule has 1 aromatic heterocycles. The van der Waals surface area contributed by atoms with Crippen LogP contribution in [-0.2, 0) is 0 Å². The zero-order valence-electron chi connectivity index (χ0n) is 9.93. The second-order valence-electron chi connectivity index (χ2n) is 4.92. The third-order valence-corrected chi connectivity index (χ3v) is 3.87. The van der Waals surface area contributed by atoms with Crippen molar-refractivity contribution in [3.63, 3.8) is 0 Å². The van der Waals surface area contributed by atoms with Crippen LogP contribution in [-0.4, -0.2) is 58.1 Å². The van der Waals surface area contributed by atoms with Crippen LogP contribution in [0.3, 0.4) is 0 Å². The van der Waals surface area contributed by atoms with Crippen molar-refractivity contribution in [3.8, 4) is 0 Å². The Hall–Kier alpha value is -1.36. The Labute approximate surface area is 101 Å². The molecule has 1 N–H and O–H groups in total. The number of hydrogen-bond donors (Lipinski definition) is 1. The lowest BCUT2D eigenvalue weighted by molar-refractivity contribution is 0.0372. The summed E-state index contributed by atoms with van der Waals surface area (Å²) in [7, 11) is 0. The SMILES string of the molecule is O=C(c1cn[nH]c1)N1CCN2CCCCC2C1. The Morgan fingerprint density at radius 1 is 1.35 bits per heavy atom. The molecule has 5 nitrogen and oxygen atoms in total. The van der Waals surface area contributed by atoms with E-state index in [9.17, 15) is 4.79 Å². The van der Waals surface area contributed by atoms with E-state index < -0.39 is 0 Å². The molecule has 1 amide bonds. The highest BCUT2D eigenvalue weighted by Gasteiger charge is 2.31. The van der Waals surface area contributed by atoms with Gasteiger partial charge in [-0.05, 0) is 19.4 Å². The molecule has 17 heavy (non-hydrogen) atoms. The lowest BCUT2D eigenvalue weighted by Crippen LogP contribution is -2.56. The van der Waals surface area contributed by atoms with Crippen LogP contribution >= 0.6 is 0 Å². The van der Waals surface area contributed by atoms with Crippen LogP contribution in [0.5, 0.6) is 0 Å². The highest BCUT2D eigenvalue weighted by molar-refractivity contribution is 5.93. The van der Waals surface area contributed by atoms with E-state index >= 15 is 0 Å². The summed E-state index contributed by atoms with van der Waals surface area (Å²) in [6, 6.07) is 0.577. The van der Waals surface area contributed by atoms with Gasteiger partial charge >= 0.3 is 0 Å². The summed E-state index contributed by atoms with van der Waals surface area (Å²) in [4.78, 5) is 16.7. The molecular formula is C12H18N4O. The van der Waals surface area contributed by atoms with Gasteiger partial charge in [0.25, 0.3) is 5.91 Å². The number of carbonyl (C=O) groups excluding carboxylic acids is 1. The summed E-state index contributed by atoms with van der Waals surface area (Å²) in [5, 5.41) is 6.53. The first-order valence-electron chi connectivity index (χ1n) is 6.37. The summed E-state index contributed by atoms with van der Waals surface area (Å²) in [5.41, 5.74) is 0.675. The molecule has 2 fully saturated rings. The molecule has 1 atom stereocenters. The molecule has 0 radical (unpaired) electrons. The normalized spacial score (nSPS) is 25.6. The first kappa shape index (κ1) is 10.8. The summed E-state index contributed by atoms with van der Waals surface area (Å²) in [6.07, 6.45) is 7.13. The van der Waals surface area contributed by atoms with Gasteiger partial charge < -0.3 is 4.90 Å². The van der Waals surface area contributed by atoms with Crippen LogP contribution in [0, 0.1) is 0 Å². The number of aromatic nitrogens is 2. The zero-order chi connectivity index (χ0) is 11.7. The number of fused-ring (bicyclic) bond motifs is 1. The molecular weight excluding hydrogens is 216 g/mol. The van der Waals surface area contributed by atoms with Crippen LogP contribution in [0.2, 0.25) is 0 Å². The predicted octanol–water partition coefficient (Wildman–Crippen LogP) is 0.720. The van der Waals surface area contributed by atoms with Gasteiger partial charge in [0, 0.05) is 31.9 Å². The molecule has 2 saturated heterocycles. The smallest absolute Gasteiger partial charge is 0.257 e. The van der Waals surface area contributed by atoms with Crippen molar-refractivity contribution in [1.82, 2.24) is 20.0 Å². The number of piperazine rings is 1. The zero-order valence-corrected chi connectivity index (χ0v) is 9.93. The maximum Gasteiger partial charge on any atom is 0.257 e. The molecule has 0 spiro atoms. The van der Waals surface area contributed by atoms with Crippen LogP contribution in [0.25, 0.3) is 0 Å². The van der Waals surface area contributed by atoms with E-state index in [0.717, 1.165) is 19.6 Å². The van der Waals surface area contributed by atoms with Crippen molar-refractivity contribution in [1.29, 1.82) is 0 Å². The fraction of sp³-hybridized carbons (Fsp3) is 0.667. The van der Waals surface area contributed by atoms with Crippen LogP contribution in [0.15, 0.2) is 12.4 Å². The van der Waals surface area contributed by atoms with Crippen LogP contribution in [0.1, 0.15) is 29.6 Å². The first-order chi connectivity index (χ1) is 8.34. The second kappa shape index (κ2) is 4.49. The van der Waals surface area contributed by atoms with Crippen molar-refractivity contribution in [2.45, 2.75) is 25.3 Å². The van der Waals surface area contributed by atoms with Crippen LogP contribution < -0.4 is 0 Å². The minimum atomic E-state index is 0.115. The molecule has 2 aliphatic rings. The van der Waals surface area contributed by atoms with E-state index in [4.69, 9.17) is 0 Å². The van der Waals surface area contributed by atoms with E-state index in [2.05, 4.69) is 15.1 Å². The molecule has 0 saturated carbocycles. The maximum absolute atomic E-state index is 12.2. The maximum atomic E-state index is 12.2. The van der Waals surface area contributed by atoms with Crippen molar-refractivity contribution in [2.75, 3.05) is 26.2 Å². The number of aromatic amines is 1. The van der Waals surface area contributed by atoms with E-state index in [-0.39, 0.29) is 5.91 Å². The van der Waals surface area contributed by atoms with Gasteiger partial charge in [0.2, 0.25) is 0 Å². The quantitative estimate of drug-likeness (QED) is 0.779. The number of carbonyl (C=O) groups is 1. The number of H-pyrrole nitrogens is 1. The fourth-order valence-electron chi connectivity index (χ4n) is 2.89. The number of nitrogens with one attached hydrogen (secondary N) is 1. The lowest BCUT2D eigenvalue weighted by Gasteiger charge is -2.43. The van der Waals surface area contributed by atoms with Gasteiger partial charge in [-0.15, -0.1) is 0 Å². The van der Waals surface area contributed by atoms with Gasteiger partial charge in [0.1, 0.15) is 0 Å². The van der Waals surface area contributed by atoms with Gasteiger partial charge in [-0.2, -0.15) is 5.10 Å². The van der Waals surface area contributed by atoms with Crippen molar-refractivity contribution < 1.29 is 4.79 Å². The highest BCUT2D eigenvalue weighted by atomic mass is 16.2. The molecule has 1 aromatic rings. The average molecular weight is 234 g/mol. The molecule has 5 heteroatoms. The van der Waals surface area contributed by atoms with E-state index in [1.165, 1.54) is 25.8 Å². The van der Waals surface area contributed by atoms with Gasteiger partial charge in [-0.3, -0.25) is 14.8 Å². The Morgan fingerprint density at radius 3 is 3.12 bits per heavy atom. The lowest BCUT2D eigenvalue weighted by atomic mass is 9.99. The molecule has 0 aromatic carbocycles. The van der Waals surface area contributed by atoms with Gasteiger partial charge in [0.15, 0.2) is 0 Å². The Kier molecular flexibility index (Phi) is 2.84. The number of nitrogens with zero attached hydrogens (tertiary/aromatic N) is 3. The summed E-state index contributed by atoms with van der Waals surface area (Å²) >= 11 is 0. The van der Waals surface area contributed by atoms with Gasteiger partial charge in [-0.25, -0.2) is 0 Å². The number of amides is 1. The minimum Gasteiger partial charge on any atom is -0.336 e. The molecule has 92 valence electrons. The molecule has 0 aliphatic carbocycles. The number of piperidine rings is 1. The Bertz CT molecular complexity index is 389. The molecule has 3 heterocycles. The Balaban J connectivity index is 1.67. The minimum absolute atomic E-state index is 0.115. The number of hydrogen-bond acceptors (Lipinski definition) is 3. The highest BCUT2D eigenvalue weighted by Crippen LogP contribution is 2.21. The average Bonchev–Trinajstić information content (AvgIpc) is 2.91. The summed E-state index contributed by atoms with van der Waals surface area (Å²) < 4.78 is 0. The molecule has 0 bridgehead atoms. The molecule has 3 rings (SSSR count). The Morgan fingerprint density at radius 2 is 2.29 bits per heavy atom. The van der Waals surface area contributed by atoms with E-state index in [0.29, 0.717) is 11.6 Å². The predicted molar refractivity (Wildman–Crippen MR) is 63.7 cm³/mol. The summed E-state index contributed by atoms with van der Waals surface area (Å²) in [6.45, 7) is 3.96. The second-order valence-corrected chi connectivity index (χ2v) is 4.92. The monoisotopic (exact) mass is 234 g/mol. The standard InChI is InChI=1S/C12H18N4O/c17-12(10-7-13-14-8-10)16-6-5-15-4-2-1-3-11(15)9-16/h7-8,11H,1-6,9H2,(H,13,14). The van der Waals surface area contributed by atoms with E-state index in [1.54, 1.807) is 12.4 Å². The van der Waals surface area contributed by atoms with E-state index in [1.807, 2.05) is 4.90 Å². The van der Waals surface area contributed by atoms with Crippen molar-refractivity contribution in [3.05, 3.63) is 18.0 Å².